The summed E-state index contributed by atoms with van der Waals surface area (Å²) in [5.74, 6) is -0.111. The van der Waals surface area contributed by atoms with Crippen molar-refractivity contribution in [2.45, 2.75) is 32.1 Å². The van der Waals surface area contributed by atoms with Gasteiger partial charge in [0.15, 0.2) is 0 Å². The summed E-state index contributed by atoms with van der Waals surface area (Å²) in [5.41, 5.74) is 4.94. The molecule has 0 saturated heterocycles. The zero-order chi connectivity index (χ0) is 14.5. The van der Waals surface area contributed by atoms with Crippen LogP contribution in [-0.4, -0.2) is 12.1 Å². The summed E-state index contributed by atoms with van der Waals surface area (Å²) < 4.78 is 0. The van der Waals surface area contributed by atoms with E-state index in [4.69, 9.17) is 0 Å². The molecule has 0 unspecified atom stereocenters. The van der Waals surface area contributed by atoms with E-state index in [0.717, 1.165) is 23.3 Å². The third-order valence-electron chi connectivity index (χ3n) is 3.65. The molecule has 0 aliphatic heterocycles. The van der Waals surface area contributed by atoms with Crippen LogP contribution in [0.15, 0.2) is 41.5 Å². The van der Waals surface area contributed by atoms with Crippen molar-refractivity contribution < 1.29 is 4.79 Å². The average Bonchev–Trinajstić information content (AvgIpc) is 2.79. The Morgan fingerprint density at radius 1 is 1.14 bits per heavy atom. The number of nitrogens with one attached hydrogen (secondary N) is 1. The second kappa shape index (κ2) is 6.68. The Hall–Kier alpha value is -1.94. The highest BCUT2D eigenvalue weighted by molar-refractivity contribution is 7.14. The lowest BCUT2D eigenvalue weighted by Crippen LogP contribution is -2.16. The molecule has 108 valence electrons. The number of carbonyl (C=O) groups excluding carboxylic acids is 1. The Morgan fingerprint density at radius 2 is 1.95 bits per heavy atom. The number of carbonyl (C=O) groups is 1. The maximum atomic E-state index is 12.1. The van der Waals surface area contributed by atoms with Crippen LogP contribution in [0.3, 0.4) is 0 Å². The van der Waals surface area contributed by atoms with Gasteiger partial charge in [0.05, 0.1) is 11.1 Å². The molecule has 0 bridgehead atoms. The van der Waals surface area contributed by atoms with Crippen molar-refractivity contribution in [1.82, 2.24) is 5.43 Å². The Bertz CT molecular complexity index is 623. The van der Waals surface area contributed by atoms with Crippen LogP contribution in [0.25, 0.3) is 0 Å². The van der Waals surface area contributed by atoms with Gasteiger partial charge in [-0.1, -0.05) is 36.8 Å². The molecule has 2 aromatic rings. The van der Waals surface area contributed by atoms with Gasteiger partial charge in [-0.3, -0.25) is 4.79 Å². The van der Waals surface area contributed by atoms with Crippen LogP contribution < -0.4 is 5.43 Å². The average molecular weight is 298 g/mol. The number of rotatable bonds is 3. The topological polar surface area (TPSA) is 41.5 Å². The molecule has 3 nitrogen and oxygen atoms in total. The van der Waals surface area contributed by atoms with Crippen molar-refractivity contribution in [3.63, 3.8) is 0 Å². The predicted molar refractivity (Wildman–Crippen MR) is 87.1 cm³/mol. The fourth-order valence-electron chi connectivity index (χ4n) is 2.54. The lowest BCUT2D eigenvalue weighted by molar-refractivity contribution is 0.0959. The van der Waals surface area contributed by atoms with E-state index in [0.29, 0.717) is 0 Å². The first kappa shape index (κ1) is 14.0. The fraction of sp³-hybridized carbons (Fsp3) is 0.294. The lowest BCUT2D eigenvalue weighted by Gasteiger charge is -1.96. The van der Waals surface area contributed by atoms with Gasteiger partial charge in [0.1, 0.15) is 0 Å². The summed E-state index contributed by atoms with van der Waals surface area (Å²) in [5, 5.41) is 4.02. The first-order valence-electron chi connectivity index (χ1n) is 7.33. The molecule has 1 N–H and O–H groups in total. The van der Waals surface area contributed by atoms with Crippen LogP contribution in [-0.2, 0) is 12.8 Å². The zero-order valence-corrected chi connectivity index (χ0v) is 12.7. The van der Waals surface area contributed by atoms with Gasteiger partial charge in [-0.15, -0.1) is 11.3 Å². The van der Waals surface area contributed by atoms with Crippen molar-refractivity contribution in [2.75, 3.05) is 0 Å². The monoisotopic (exact) mass is 298 g/mol. The third-order valence-corrected chi connectivity index (χ3v) is 4.89. The molecule has 21 heavy (non-hydrogen) atoms. The van der Waals surface area contributed by atoms with Gasteiger partial charge < -0.3 is 0 Å². The molecule has 1 aliphatic rings. The van der Waals surface area contributed by atoms with Gasteiger partial charge in [0.2, 0.25) is 0 Å². The van der Waals surface area contributed by atoms with E-state index in [1.54, 1.807) is 17.6 Å². The highest BCUT2D eigenvalue weighted by Crippen LogP contribution is 2.28. The minimum atomic E-state index is -0.111. The van der Waals surface area contributed by atoms with Crippen LogP contribution in [0, 0.1) is 0 Å². The van der Waals surface area contributed by atoms with E-state index in [2.05, 4.69) is 10.5 Å². The minimum absolute atomic E-state index is 0.111. The number of amides is 1. The van der Waals surface area contributed by atoms with E-state index in [-0.39, 0.29) is 5.91 Å². The molecular weight excluding hydrogens is 280 g/mol. The number of aryl methyl sites for hydroxylation is 2. The normalized spacial score (nSPS) is 14.7. The molecule has 1 aliphatic carbocycles. The van der Waals surface area contributed by atoms with Gasteiger partial charge in [-0.05, 0) is 42.9 Å². The van der Waals surface area contributed by atoms with Crippen LogP contribution >= 0.6 is 11.3 Å². The van der Waals surface area contributed by atoms with Crippen LogP contribution in [0.5, 0.6) is 0 Å². The largest absolute Gasteiger partial charge is 0.281 e. The van der Waals surface area contributed by atoms with Crippen LogP contribution in [0.2, 0.25) is 0 Å². The van der Waals surface area contributed by atoms with Crippen molar-refractivity contribution >= 4 is 23.5 Å². The number of thiophene rings is 1. The molecule has 4 heteroatoms. The summed E-state index contributed by atoms with van der Waals surface area (Å²) in [6, 6.07) is 11.8. The smallest absolute Gasteiger partial charge is 0.266 e. The molecule has 0 atom stereocenters. The third kappa shape index (κ3) is 3.58. The summed E-state index contributed by atoms with van der Waals surface area (Å²) >= 11 is 1.62. The van der Waals surface area contributed by atoms with Gasteiger partial charge in [-0.25, -0.2) is 5.43 Å². The molecule has 3 rings (SSSR count). The minimum Gasteiger partial charge on any atom is -0.266 e. The van der Waals surface area contributed by atoms with Crippen LogP contribution in [0.4, 0.5) is 0 Å². The highest BCUT2D eigenvalue weighted by atomic mass is 32.1. The Balaban J connectivity index is 1.64. The SMILES string of the molecule is O=C(N/N=C\c1ccccc1)c1cc2c(s1)CCCCC2. The number of benzene rings is 1. The van der Waals surface area contributed by atoms with E-state index in [1.165, 1.54) is 29.7 Å². The first-order valence-corrected chi connectivity index (χ1v) is 8.14. The fourth-order valence-corrected chi connectivity index (χ4v) is 3.68. The van der Waals surface area contributed by atoms with Crippen molar-refractivity contribution in [3.8, 4) is 0 Å². The van der Waals surface area contributed by atoms with Gasteiger partial charge in [0.25, 0.3) is 5.91 Å². The molecule has 1 aromatic heterocycles. The number of hydrogen-bond donors (Lipinski definition) is 1. The number of nitrogens with zero attached hydrogens (tertiary/aromatic N) is 1. The highest BCUT2D eigenvalue weighted by Gasteiger charge is 2.15. The summed E-state index contributed by atoms with van der Waals surface area (Å²) in [6.45, 7) is 0. The van der Waals surface area contributed by atoms with Gasteiger partial charge >= 0.3 is 0 Å². The van der Waals surface area contributed by atoms with Crippen LogP contribution in [0.1, 0.15) is 44.9 Å². The molecule has 1 aromatic carbocycles. The first-order chi connectivity index (χ1) is 10.3. The Morgan fingerprint density at radius 3 is 2.81 bits per heavy atom. The zero-order valence-electron chi connectivity index (χ0n) is 11.8. The van der Waals surface area contributed by atoms with Crippen molar-refractivity contribution in [1.29, 1.82) is 0 Å². The molecule has 1 heterocycles. The van der Waals surface area contributed by atoms with E-state index >= 15 is 0 Å². The molecule has 0 radical (unpaired) electrons. The molecular formula is C17H18N2OS. The Labute approximate surface area is 128 Å². The lowest BCUT2D eigenvalue weighted by atomic mass is 10.1. The van der Waals surface area contributed by atoms with Gasteiger partial charge in [0, 0.05) is 4.88 Å². The molecule has 0 spiro atoms. The summed E-state index contributed by atoms with van der Waals surface area (Å²) in [4.78, 5) is 14.3. The summed E-state index contributed by atoms with van der Waals surface area (Å²) in [7, 11) is 0. The number of hydrazone groups is 1. The van der Waals surface area contributed by atoms with Gasteiger partial charge in [-0.2, -0.15) is 5.10 Å². The maximum absolute atomic E-state index is 12.1. The predicted octanol–water partition coefficient (Wildman–Crippen LogP) is 3.78. The molecule has 0 saturated carbocycles. The molecule has 0 fully saturated rings. The van der Waals surface area contributed by atoms with E-state index in [9.17, 15) is 4.79 Å². The quantitative estimate of drug-likeness (QED) is 0.523. The number of fused-ring (bicyclic) bond motifs is 1. The van der Waals surface area contributed by atoms with E-state index < -0.39 is 0 Å². The van der Waals surface area contributed by atoms with Crippen molar-refractivity contribution in [2.24, 2.45) is 5.10 Å². The molecule has 1 amide bonds. The van der Waals surface area contributed by atoms with Crippen molar-refractivity contribution in [3.05, 3.63) is 57.3 Å². The second-order valence-electron chi connectivity index (χ2n) is 5.23. The standard InChI is InChI=1S/C17H18N2OS/c20-17(19-18-12-13-7-3-1-4-8-13)16-11-14-9-5-2-6-10-15(14)21-16/h1,3-4,7-8,11-12H,2,5-6,9-10H2,(H,19,20)/b18-12-. The number of hydrogen-bond acceptors (Lipinski definition) is 3. The second-order valence-corrected chi connectivity index (χ2v) is 6.37. The van der Waals surface area contributed by atoms with E-state index in [1.807, 2.05) is 36.4 Å². The maximum Gasteiger partial charge on any atom is 0.281 e. The Kier molecular flexibility index (Phi) is 4.46. The summed E-state index contributed by atoms with van der Waals surface area (Å²) in [6.07, 6.45) is 7.64.